The number of hydrogen-bond acceptors (Lipinski definition) is 7. The Morgan fingerprint density at radius 2 is 1.90 bits per heavy atom. The monoisotopic (exact) mass is 432 g/mol. The molecular weight excluding hydrogens is 412 g/mol. The van der Waals surface area contributed by atoms with E-state index in [9.17, 15) is 14.4 Å². The zero-order valence-electron chi connectivity index (χ0n) is 16.5. The van der Waals surface area contributed by atoms with Gasteiger partial charge in [0.15, 0.2) is 18.1 Å². The van der Waals surface area contributed by atoms with E-state index in [1.807, 2.05) is 12.2 Å². The van der Waals surface area contributed by atoms with Crippen molar-refractivity contribution in [3.63, 3.8) is 0 Å². The number of halogens is 1. The summed E-state index contributed by atoms with van der Waals surface area (Å²) < 4.78 is 15.5. The second-order valence-electron chi connectivity index (χ2n) is 7.36. The summed E-state index contributed by atoms with van der Waals surface area (Å²) in [6.45, 7) is 1.63. The van der Waals surface area contributed by atoms with Crippen LogP contribution in [-0.2, 0) is 19.1 Å². The number of ether oxygens (including phenoxy) is 3. The molecule has 0 unspecified atom stereocenters. The van der Waals surface area contributed by atoms with Crippen LogP contribution in [-0.4, -0.2) is 49.3 Å². The van der Waals surface area contributed by atoms with Crippen LogP contribution in [0, 0.1) is 23.7 Å². The molecular formula is C21H21ClN2O6. The number of benzene rings is 1. The molecule has 0 spiro atoms. The van der Waals surface area contributed by atoms with Crippen molar-refractivity contribution in [3.8, 4) is 11.5 Å². The third kappa shape index (κ3) is 3.45. The number of methoxy groups -OCH3 is 1. The molecule has 2 aliphatic carbocycles. The lowest BCUT2D eigenvalue weighted by molar-refractivity contribution is -0.145. The number of allylic oxidation sites excluding steroid dienone is 2. The van der Waals surface area contributed by atoms with Crippen molar-refractivity contribution in [2.24, 2.45) is 28.8 Å². The number of carbonyl (C=O) groups is 3. The van der Waals surface area contributed by atoms with Gasteiger partial charge in [0, 0.05) is 0 Å². The van der Waals surface area contributed by atoms with E-state index in [0.717, 1.165) is 11.4 Å². The molecule has 30 heavy (non-hydrogen) atoms. The van der Waals surface area contributed by atoms with Crippen molar-refractivity contribution in [2.75, 3.05) is 20.3 Å². The molecule has 8 nitrogen and oxygen atoms in total. The molecule has 9 heteroatoms. The molecule has 3 aliphatic rings. The van der Waals surface area contributed by atoms with Crippen molar-refractivity contribution in [2.45, 2.75) is 13.3 Å². The van der Waals surface area contributed by atoms with Crippen LogP contribution in [0.15, 0.2) is 29.4 Å². The van der Waals surface area contributed by atoms with E-state index in [1.165, 1.54) is 13.3 Å². The van der Waals surface area contributed by atoms with Gasteiger partial charge in [-0.3, -0.25) is 9.59 Å². The summed E-state index contributed by atoms with van der Waals surface area (Å²) in [6, 6.07) is 3.14. The molecule has 1 heterocycles. The first-order chi connectivity index (χ1) is 14.4. The third-order valence-corrected chi connectivity index (χ3v) is 5.94. The largest absolute Gasteiger partial charge is 0.493 e. The van der Waals surface area contributed by atoms with Gasteiger partial charge in [-0.15, -0.1) is 0 Å². The molecule has 1 aliphatic heterocycles. The summed E-state index contributed by atoms with van der Waals surface area (Å²) in [4.78, 5) is 36.9. The van der Waals surface area contributed by atoms with Gasteiger partial charge in [-0.25, -0.2) is 4.79 Å². The van der Waals surface area contributed by atoms with Gasteiger partial charge in [-0.2, -0.15) is 10.1 Å². The lowest BCUT2D eigenvalue weighted by Gasteiger charge is -2.13. The minimum atomic E-state index is -0.527. The molecule has 1 aromatic rings. The Labute approximate surface area is 178 Å². The Morgan fingerprint density at radius 3 is 2.50 bits per heavy atom. The van der Waals surface area contributed by atoms with Crippen molar-refractivity contribution in [1.29, 1.82) is 0 Å². The van der Waals surface area contributed by atoms with Gasteiger partial charge in [0.05, 0.1) is 36.8 Å². The second kappa shape index (κ2) is 8.10. The summed E-state index contributed by atoms with van der Waals surface area (Å²) in [5, 5.41) is 5.29. The summed E-state index contributed by atoms with van der Waals surface area (Å²) in [6.07, 6.45) is 6.31. The highest BCUT2D eigenvalue weighted by molar-refractivity contribution is 6.32. The van der Waals surface area contributed by atoms with Crippen LogP contribution in [0.5, 0.6) is 11.5 Å². The predicted molar refractivity (Wildman–Crippen MR) is 107 cm³/mol. The number of hydrogen-bond donors (Lipinski definition) is 0. The number of amides is 2. The fourth-order valence-electron chi connectivity index (χ4n) is 4.41. The number of esters is 1. The fourth-order valence-corrected chi connectivity index (χ4v) is 4.69. The number of rotatable bonds is 7. The van der Waals surface area contributed by atoms with Gasteiger partial charge in [-0.05, 0) is 42.9 Å². The smallest absolute Gasteiger partial charge is 0.344 e. The highest BCUT2D eigenvalue weighted by Crippen LogP contribution is 2.52. The first-order valence-corrected chi connectivity index (χ1v) is 10.1. The maximum Gasteiger partial charge on any atom is 0.344 e. The Hall–Kier alpha value is -2.87. The molecule has 2 bridgehead atoms. The molecule has 2 fully saturated rings. The zero-order valence-corrected chi connectivity index (χ0v) is 17.3. The molecule has 0 N–H and O–H groups in total. The molecule has 2 amide bonds. The summed E-state index contributed by atoms with van der Waals surface area (Å²) in [5.41, 5.74) is 0.513. The highest BCUT2D eigenvalue weighted by Gasteiger charge is 2.59. The second-order valence-corrected chi connectivity index (χ2v) is 7.77. The Morgan fingerprint density at radius 1 is 1.23 bits per heavy atom. The van der Waals surface area contributed by atoms with Gasteiger partial charge in [0.1, 0.15) is 0 Å². The van der Waals surface area contributed by atoms with Crippen molar-refractivity contribution in [3.05, 3.63) is 34.9 Å². The number of imide groups is 1. The van der Waals surface area contributed by atoms with Crippen molar-refractivity contribution in [1.82, 2.24) is 5.01 Å². The maximum atomic E-state index is 12.7. The Bertz CT molecular complexity index is 929. The first kappa shape index (κ1) is 20.4. The summed E-state index contributed by atoms with van der Waals surface area (Å²) in [5.74, 6) is -0.925. The van der Waals surface area contributed by atoms with Gasteiger partial charge in [0.25, 0.3) is 11.8 Å². The topological polar surface area (TPSA) is 94.5 Å². The summed E-state index contributed by atoms with van der Waals surface area (Å²) >= 11 is 6.28. The first-order valence-electron chi connectivity index (χ1n) is 9.70. The minimum Gasteiger partial charge on any atom is -0.493 e. The molecule has 0 aromatic heterocycles. The van der Waals surface area contributed by atoms with E-state index < -0.39 is 5.97 Å². The van der Waals surface area contributed by atoms with E-state index in [4.69, 9.17) is 25.8 Å². The minimum absolute atomic E-state index is 0.127. The fraction of sp³-hybridized carbons (Fsp3) is 0.429. The lowest BCUT2D eigenvalue weighted by atomic mass is 9.85. The van der Waals surface area contributed by atoms with Crippen molar-refractivity contribution >= 4 is 35.6 Å². The van der Waals surface area contributed by atoms with Gasteiger partial charge < -0.3 is 14.2 Å². The van der Waals surface area contributed by atoms with Crippen LogP contribution in [0.2, 0.25) is 5.02 Å². The molecule has 4 atom stereocenters. The Kier molecular flexibility index (Phi) is 5.51. The molecule has 1 aromatic carbocycles. The number of nitrogens with zero attached hydrogens (tertiary/aromatic N) is 2. The van der Waals surface area contributed by atoms with Gasteiger partial charge in [-0.1, -0.05) is 23.8 Å². The molecule has 1 saturated carbocycles. The van der Waals surface area contributed by atoms with Crippen LogP contribution < -0.4 is 9.47 Å². The summed E-state index contributed by atoms with van der Waals surface area (Å²) in [7, 11) is 1.43. The maximum absolute atomic E-state index is 12.7. The van der Waals surface area contributed by atoms with Crippen molar-refractivity contribution < 1.29 is 28.6 Å². The van der Waals surface area contributed by atoms with Gasteiger partial charge in [0.2, 0.25) is 0 Å². The standard InChI is InChI=1S/C21H21ClN2O6/c1-3-29-16(25)10-30-19-14(22)6-11(7-15(19)28-2)9-23-24-20(26)17-12-4-5-13(8-12)18(17)21(24)27/h4-7,9,12-13,17-18H,3,8,10H2,1-2H3/t12-,13-,17-,18+/m0/s1. The zero-order chi connectivity index (χ0) is 21.4. The van der Waals surface area contributed by atoms with Crippen LogP contribution in [0.1, 0.15) is 18.9 Å². The average Bonchev–Trinajstić information content (AvgIpc) is 3.40. The van der Waals surface area contributed by atoms with E-state index >= 15 is 0 Å². The van der Waals surface area contributed by atoms with E-state index in [1.54, 1.807) is 19.1 Å². The lowest BCUT2D eigenvalue weighted by Crippen LogP contribution is -2.28. The van der Waals surface area contributed by atoms with E-state index in [-0.39, 0.29) is 65.2 Å². The average molecular weight is 433 g/mol. The molecule has 4 rings (SSSR count). The molecule has 158 valence electrons. The normalized spacial score (nSPS) is 26.6. The van der Waals surface area contributed by atoms with E-state index in [2.05, 4.69) is 5.10 Å². The van der Waals surface area contributed by atoms with Crippen LogP contribution in [0.25, 0.3) is 0 Å². The number of hydrazone groups is 1. The van der Waals surface area contributed by atoms with Crippen LogP contribution >= 0.6 is 11.6 Å². The van der Waals surface area contributed by atoms with Gasteiger partial charge >= 0.3 is 5.97 Å². The highest BCUT2D eigenvalue weighted by atomic mass is 35.5. The third-order valence-electron chi connectivity index (χ3n) is 5.66. The predicted octanol–water partition coefficient (Wildman–Crippen LogP) is 2.43. The van der Waals surface area contributed by atoms with Crippen LogP contribution in [0.3, 0.4) is 0 Å². The Balaban J connectivity index is 1.50. The number of fused-ring (bicyclic) bond motifs is 5. The van der Waals surface area contributed by atoms with E-state index in [0.29, 0.717) is 5.56 Å². The number of carbonyl (C=O) groups excluding carboxylic acids is 3. The van der Waals surface area contributed by atoms with Crippen LogP contribution in [0.4, 0.5) is 0 Å². The SMILES string of the molecule is CCOC(=O)COc1c(Cl)cc(C=NN2C(=O)[C@@H]3[C@H](C2=O)[C@H]2C=C[C@H]3C2)cc1OC. The molecule has 0 radical (unpaired) electrons. The molecule has 1 saturated heterocycles. The quantitative estimate of drug-likeness (QED) is 0.284.